The maximum atomic E-state index is 12.6. The van der Waals surface area contributed by atoms with E-state index in [0.717, 1.165) is 17.7 Å². The van der Waals surface area contributed by atoms with Crippen molar-refractivity contribution in [2.75, 3.05) is 13.1 Å². The lowest BCUT2D eigenvalue weighted by Crippen LogP contribution is -2.25. The number of aliphatic imine (C=N–C) groups is 1. The molecule has 1 heterocycles. The standard InChI is InChI=1S/C14H13F3N2/c15-14(16,17)12-7-4-9-18-13(19-10-8-12)11-5-2-1-3-6-11/h1-8H,9-10H2,(H,18,19)/b7-4-,12-8+. The Hall–Kier alpha value is -2.04. The van der Waals surface area contributed by atoms with Crippen molar-refractivity contribution in [3.63, 3.8) is 0 Å². The van der Waals surface area contributed by atoms with Crippen LogP contribution in [0.3, 0.4) is 0 Å². The van der Waals surface area contributed by atoms with Crippen LogP contribution in [0, 0.1) is 0 Å². The number of alkyl halides is 3. The minimum atomic E-state index is -4.32. The number of allylic oxidation sites excluding steroid dienone is 2. The first-order valence-electron chi connectivity index (χ1n) is 5.85. The van der Waals surface area contributed by atoms with Crippen LogP contribution in [0.1, 0.15) is 5.56 Å². The molecular weight excluding hydrogens is 253 g/mol. The van der Waals surface area contributed by atoms with Crippen LogP contribution in [0.4, 0.5) is 13.2 Å². The lowest BCUT2D eigenvalue weighted by Gasteiger charge is -2.09. The molecule has 1 aliphatic rings. The molecule has 19 heavy (non-hydrogen) atoms. The summed E-state index contributed by atoms with van der Waals surface area (Å²) in [5, 5.41) is 2.91. The van der Waals surface area contributed by atoms with Gasteiger partial charge in [-0.3, -0.25) is 4.99 Å². The van der Waals surface area contributed by atoms with Crippen LogP contribution in [0.2, 0.25) is 0 Å². The van der Waals surface area contributed by atoms with E-state index in [1.807, 2.05) is 30.3 Å². The van der Waals surface area contributed by atoms with Gasteiger partial charge in [-0.25, -0.2) is 0 Å². The number of amidine groups is 1. The molecule has 1 aromatic carbocycles. The van der Waals surface area contributed by atoms with Crippen molar-refractivity contribution in [1.82, 2.24) is 5.32 Å². The molecule has 0 spiro atoms. The van der Waals surface area contributed by atoms with Gasteiger partial charge >= 0.3 is 6.18 Å². The third kappa shape index (κ3) is 3.71. The van der Waals surface area contributed by atoms with Crippen molar-refractivity contribution in [3.8, 4) is 0 Å². The topological polar surface area (TPSA) is 24.4 Å². The molecule has 1 aliphatic heterocycles. The van der Waals surface area contributed by atoms with Crippen molar-refractivity contribution in [3.05, 3.63) is 59.7 Å². The van der Waals surface area contributed by atoms with Crippen molar-refractivity contribution in [2.24, 2.45) is 4.99 Å². The molecule has 0 aromatic heterocycles. The van der Waals surface area contributed by atoms with Gasteiger partial charge in [-0.1, -0.05) is 48.6 Å². The molecule has 0 unspecified atom stereocenters. The van der Waals surface area contributed by atoms with Crippen molar-refractivity contribution >= 4 is 5.84 Å². The maximum Gasteiger partial charge on any atom is 0.416 e. The number of nitrogens with one attached hydrogen (secondary N) is 1. The molecule has 0 saturated heterocycles. The normalized spacial score (nSPS) is 21.0. The second-order valence-electron chi connectivity index (χ2n) is 4.00. The fourth-order valence-electron chi connectivity index (χ4n) is 1.70. The smallest absolute Gasteiger partial charge is 0.366 e. The Morgan fingerprint density at radius 3 is 2.53 bits per heavy atom. The maximum absolute atomic E-state index is 12.6. The van der Waals surface area contributed by atoms with E-state index in [1.54, 1.807) is 0 Å². The minimum absolute atomic E-state index is 0.0902. The predicted octanol–water partition coefficient (Wildman–Crippen LogP) is 3.08. The molecule has 0 radical (unpaired) electrons. The minimum Gasteiger partial charge on any atom is -0.366 e. The third-order valence-corrected chi connectivity index (χ3v) is 2.62. The van der Waals surface area contributed by atoms with Crippen LogP contribution in [0.15, 0.2) is 59.1 Å². The van der Waals surface area contributed by atoms with Crippen LogP contribution in [-0.4, -0.2) is 25.1 Å². The number of rotatable bonds is 1. The Bertz CT molecular complexity index is 513. The highest BCUT2D eigenvalue weighted by Crippen LogP contribution is 2.26. The van der Waals surface area contributed by atoms with Gasteiger partial charge in [0.25, 0.3) is 0 Å². The third-order valence-electron chi connectivity index (χ3n) is 2.62. The second-order valence-corrected chi connectivity index (χ2v) is 4.00. The van der Waals surface area contributed by atoms with Gasteiger partial charge in [0.15, 0.2) is 0 Å². The summed E-state index contributed by atoms with van der Waals surface area (Å²) in [7, 11) is 0. The SMILES string of the molecule is FC(F)(F)C1=C/CNC(c2ccccc2)=NC/C=C\1. The highest BCUT2D eigenvalue weighted by atomic mass is 19.4. The second kappa shape index (κ2) is 5.73. The molecule has 0 atom stereocenters. The first kappa shape index (κ1) is 13.4. The molecule has 1 aromatic rings. The summed E-state index contributed by atoms with van der Waals surface area (Å²) >= 11 is 0. The lowest BCUT2D eigenvalue weighted by molar-refractivity contribution is -0.0883. The molecular formula is C14H13F3N2. The van der Waals surface area contributed by atoms with Gasteiger partial charge < -0.3 is 5.32 Å². The number of halogens is 3. The largest absolute Gasteiger partial charge is 0.416 e. The van der Waals surface area contributed by atoms with E-state index in [-0.39, 0.29) is 13.1 Å². The quantitative estimate of drug-likeness (QED) is 0.830. The molecule has 2 rings (SSSR count). The van der Waals surface area contributed by atoms with Gasteiger partial charge in [-0.2, -0.15) is 13.2 Å². The number of hydrogen-bond acceptors (Lipinski definition) is 2. The predicted molar refractivity (Wildman–Crippen MR) is 69.1 cm³/mol. The van der Waals surface area contributed by atoms with E-state index in [1.165, 1.54) is 6.08 Å². The zero-order chi connectivity index (χ0) is 13.7. The number of nitrogens with zero attached hydrogens (tertiary/aromatic N) is 1. The van der Waals surface area contributed by atoms with Gasteiger partial charge in [0.05, 0.1) is 12.1 Å². The summed E-state index contributed by atoms with van der Waals surface area (Å²) in [5.41, 5.74) is 0.212. The van der Waals surface area contributed by atoms with E-state index in [9.17, 15) is 13.2 Å². The summed E-state index contributed by atoms with van der Waals surface area (Å²) < 4.78 is 37.9. The van der Waals surface area contributed by atoms with E-state index in [4.69, 9.17) is 0 Å². The van der Waals surface area contributed by atoms with Crippen LogP contribution >= 0.6 is 0 Å². The molecule has 2 nitrogen and oxygen atoms in total. The van der Waals surface area contributed by atoms with Gasteiger partial charge in [-0.05, 0) is 0 Å². The monoisotopic (exact) mass is 266 g/mol. The van der Waals surface area contributed by atoms with Crippen LogP contribution in [-0.2, 0) is 0 Å². The summed E-state index contributed by atoms with van der Waals surface area (Å²) in [4.78, 5) is 4.25. The fraction of sp³-hybridized carbons (Fsp3) is 0.214. The van der Waals surface area contributed by atoms with E-state index >= 15 is 0 Å². The van der Waals surface area contributed by atoms with Crippen LogP contribution in [0.5, 0.6) is 0 Å². The number of hydrogen-bond donors (Lipinski definition) is 1. The van der Waals surface area contributed by atoms with Crippen LogP contribution < -0.4 is 5.32 Å². The lowest BCUT2D eigenvalue weighted by atomic mass is 10.2. The molecule has 0 bridgehead atoms. The number of benzene rings is 1. The highest BCUT2D eigenvalue weighted by Gasteiger charge is 2.31. The Balaban J connectivity index is 2.18. The van der Waals surface area contributed by atoms with E-state index < -0.39 is 11.7 Å². The Morgan fingerprint density at radius 1 is 1.11 bits per heavy atom. The molecule has 0 amide bonds. The molecule has 1 N–H and O–H groups in total. The zero-order valence-corrected chi connectivity index (χ0v) is 10.1. The van der Waals surface area contributed by atoms with Gasteiger partial charge in [0, 0.05) is 12.1 Å². The van der Waals surface area contributed by atoms with Gasteiger partial charge in [0.1, 0.15) is 5.84 Å². The molecule has 0 saturated carbocycles. The summed E-state index contributed by atoms with van der Waals surface area (Å²) in [6, 6.07) is 9.32. The molecule has 0 aliphatic carbocycles. The summed E-state index contributed by atoms with van der Waals surface area (Å²) in [6.07, 6.45) is -0.718. The van der Waals surface area contributed by atoms with Crippen molar-refractivity contribution in [2.45, 2.75) is 6.18 Å². The molecule has 0 fully saturated rings. The first-order valence-corrected chi connectivity index (χ1v) is 5.85. The molecule has 100 valence electrons. The van der Waals surface area contributed by atoms with Crippen LogP contribution in [0.25, 0.3) is 0 Å². The average Bonchev–Trinajstić information content (AvgIpc) is 2.50. The Labute approximate surface area is 109 Å². The highest BCUT2D eigenvalue weighted by molar-refractivity contribution is 5.98. The van der Waals surface area contributed by atoms with Gasteiger partial charge in [0.2, 0.25) is 0 Å². The zero-order valence-electron chi connectivity index (χ0n) is 10.1. The van der Waals surface area contributed by atoms with Crippen molar-refractivity contribution in [1.29, 1.82) is 0 Å². The summed E-state index contributed by atoms with van der Waals surface area (Å²) in [6.45, 7) is 0.303. The first-order chi connectivity index (χ1) is 9.07. The molecule has 5 heteroatoms. The van der Waals surface area contributed by atoms with E-state index in [2.05, 4.69) is 10.3 Å². The fourth-order valence-corrected chi connectivity index (χ4v) is 1.70. The van der Waals surface area contributed by atoms with E-state index in [0.29, 0.717) is 5.84 Å². The van der Waals surface area contributed by atoms with Crippen molar-refractivity contribution < 1.29 is 13.2 Å². The Kier molecular flexibility index (Phi) is 4.04. The Morgan fingerprint density at radius 2 is 1.84 bits per heavy atom. The average molecular weight is 266 g/mol. The summed E-state index contributed by atoms with van der Waals surface area (Å²) in [5.74, 6) is 0.602. The van der Waals surface area contributed by atoms with Gasteiger partial charge in [-0.15, -0.1) is 0 Å².